The van der Waals surface area contributed by atoms with E-state index in [9.17, 15) is 10.1 Å². The number of hydrogen-bond donors (Lipinski definition) is 0. The zero-order valence-corrected chi connectivity index (χ0v) is 14.1. The van der Waals surface area contributed by atoms with Crippen molar-refractivity contribution >= 4 is 30.1 Å². The summed E-state index contributed by atoms with van der Waals surface area (Å²) in [4.78, 5) is 15.3. The molecule has 0 aromatic heterocycles. The van der Waals surface area contributed by atoms with E-state index in [2.05, 4.69) is 5.16 Å². The molecule has 0 saturated carbocycles. The van der Waals surface area contributed by atoms with Crippen molar-refractivity contribution in [1.29, 1.82) is 0 Å². The van der Waals surface area contributed by atoms with Crippen molar-refractivity contribution in [2.75, 3.05) is 20.3 Å². The first kappa shape index (κ1) is 18.5. The van der Waals surface area contributed by atoms with E-state index in [0.29, 0.717) is 0 Å². The summed E-state index contributed by atoms with van der Waals surface area (Å²) in [7, 11) is 1.29. The van der Waals surface area contributed by atoms with Gasteiger partial charge in [-0.2, -0.15) is 0 Å². The van der Waals surface area contributed by atoms with Gasteiger partial charge < -0.3 is 9.36 Å². The minimum Gasteiger partial charge on any atom is -0.401 e. The summed E-state index contributed by atoms with van der Waals surface area (Å²) in [6, 6.07) is 5.96. The molecule has 0 aliphatic heterocycles. The van der Waals surface area contributed by atoms with Crippen LogP contribution in [-0.4, -0.2) is 31.1 Å². The van der Waals surface area contributed by atoms with Crippen molar-refractivity contribution in [2.24, 2.45) is 5.16 Å². The zero-order valence-electron chi connectivity index (χ0n) is 12.4. The molecule has 0 fully saturated rings. The van der Waals surface area contributed by atoms with E-state index in [1.54, 1.807) is 19.9 Å². The average molecular weight is 348 g/mol. The van der Waals surface area contributed by atoms with Crippen LogP contribution in [0.3, 0.4) is 0 Å². The van der Waals surface area contributed by atoms with Crippen LogP contribution in [0.1, 0.15) is 19.4 Å². The molecule has 22 heavy (non-hydrogen) atoms. The third-order valence-electron chi connectivity index (χ3n) is 2.28. The summed E-state index contributed by atoms with van der Waals surface area (Å²) in [5.41, 5.74) is -0.0594. The van der Waals surface area contributed by atoms with Gasteiger partial charge in [0.25, 0.3) is 11.6 Å². The first-order chi connectivity index (χ1) is 10.5. The molecule has 1 rings (SSSR count). The number of nitro benzene ring substituents is 1. The molecule has 1 aromatic rings. The molecule has 0 amide bonds. The van der Waals surface area contributed by atoms with Crippen LogP contribution in [0.25, 0.3) is 0 Å². The number of benzene rings is 1. The second-order valence-electron chi connectivity index (χ2n) is 3.73. The highest BCUT2D eigenvalue weighted by Gasteiger charge is 2.28. The van der Waals surface area contributed by atoms with Gasteiger partial charge in [0, 0.05) is 17.9 Å². The molecule has 0 atom stereocenters. The standard InChI is InChI=1S/C12H17N2O6PS/c1-4-18-21(22,19-5-2)20-12(13-17-3)10-8-6-7-9-11(10)14(15)16/h6-9H,4-5H2,1-3H3. The topological polar surface area (TPSA) is 92.4 Å². The van der Waals surface area contributed by atoms with Crippen LogP contribution in [0, 0.1) is 10.1 Å². The minimum atomic E-state index is -3.12. The van der Waals surface area contributed by atoms with Crippen molar-refractivity contribution in [3.8, 4) is 0 Å². The fourth-order valence-electron chi connectivity index (χ4n) is 1.52. The van der Waals surface area contributed by atoms with Crippen molar-refractivity contribution in [1.82, 2.24) is 0 Å². The number of rotatable bonds is 8. The van der Waals surface area contributed by atoms with E-state index in [1.807, 2.05) is 0 Å². The molecular formula is C12H17N2O6PS. The Morgan fingerprint density at radius 2 is 1.91 bits per heavy atom. The Labute approximate surface area is 133 Å². The maximum Gasteiger partial charge on any atom is 0.381 e. The van der Waals surface area contributed by atoms with E-state index in [1.165, 1.54) is 25.3 Å². The van der Waals surface area contributed by atoms with Crippen molar-refractivity contribution in [3.05, 3.63) is 39.9 Å². The van der Waals surface area contributed by atoms with E-state index < -0.39 is 11.6 Å². The molecule has 10 heteroatoms. The van der Waals surface area contributed by atoms with Gasteiger partial charge in [-0.15, -0.1) is 0 Å². The molecule has 0 saturated heterocycles. The van der Waals surface area contributed by atoms with Gasteiger partial charge in [-0.1, -0.05) is 12.1 Å². The molecule has 0 heterocycles. The predicted octanol–water partition coefficient (Wildman–Crippen LogP) is 3.22. The number of hydrogen-bond acceptors (Lipinski definition) is 8. The smallest absolute Gasteiger partial charge is 0.381 e. The van der Waals surface area contributed by atoms with E-state index >= 15 is 0 Å². The van der Waals surface area contributed by atoms with Crippen LogP contribution in [-0.2, 0) is 30.2 Å². The molecule has 1 aromatic carbocycles. The lowest BCUT2D eigenvalue weighted by atomic mass is 10.2. The first-order valence-corrected chi connectivity index (χ1v) is 8.96. The van der Waals surface area contributed by atoms with Crippen LogP contribution in [0.2, 0.25) is 0 Å². The van der Waals surface area contributed by atoms with Gasteiger partial charge in [0.1, 0.15) is 12.7 Å². The SMILES string of the molecule is CCOP(=S)(OCC)OC(=NOC)c1ccccc1[N+](=O)[O-]. The highest BCUT2D eigenvalue weighted by atomic mass is 32.5. The Morgan fingerprint density at radius 3 is 2.41 bits per heavy atom. The van der Waals surface area contributed by atoms with Crippen LogP contribution in [0.15, 0.2) is 29.4 Å². The lowest BCUT2D eigenvalue weighted by Gasteiger charge is -2.21. The second kappa shape index (κ2) is 8.79. The predicted molar refractivity (Wildman–Crippen MR) is 85.3 cm³/mol. The van der Waals surface area contributed by atoms with Crippen LogP contribution < -0.4 is 0 Å². The first-order valence-electron chi connectivity index (χ1n) is 6.41. The Balaban J connectivity index is 3.23. The van der Waals surface area contributed by atoms with Crippen molar-refractivity contribution in [2.45, 2.75) is 13.8 Å². The highest BCUT2D eigenvalue weighted by molar-refractivity contribution is 8.07. The Hall–Kier alpha value is -1.54. The summed E-state index contributed by atoms with van der Waals surface area (Å²) in [6.07, 6.45) is 0. The maximum atomic E-state index is 11.1. The Bertz CT molecular complexity index is 585. The van der Waals surface area contributed by atoms with E-state index in [0.717, 1.165) is 0 Å². The normalized spacial score (nSPS) is 12.0. The summed E-state index contributed by atoms with van der Waals surface area (Å²) < 4.78 is 16.2. The molecule has 0 bridgehead atoms. The molecular weight excluding hydrogens is 331 g/mol. The van der Waals surface area contributed by atoms with E-state index in [-0.39, 0.29) is 30.4 Å². The molecule has 0 unspecified atom stereocenters. The van der Waals surface area contributed by atoms with Crippen LogP contribution >= 0.6 is 6.72 Å². The number of para-hydroxylation sites is 1. The molecule has 0 aliphatic rings. The van der Waals surface area contributed by atoms with Gasteiger partial charge in [0.15, 0.2) is 0 Å². The number of oxime groups is 1. The molecule has 0 N–H and O–H groups in total. The third-order valence-corrected chi connectivity index (χ3v) is 4.68. The fraction of sp³-hybridized carbons (Fsp3) is 0.417. The summed E-state index contributed by atoms with van der Waals surface area (Å²) in [5.74, 6) is -0.153. The van der Waals surface area contributed by atoms with Gasteiger partial charge in [-0.25, -0.2) is 0 Å². The second-order valence-corrected chi connectivity index (χ2v) is 6.66. The summed E-state index contributed by atoms with van der Waals surface area (Å²) in [5, 5.41) is 14.8. The van der Waals surface area contributed by atoms with Crippen molar-refractivity contribution < 1.29 is 23.3 Å². The molecule has 122 valence electrons. The van der Waals surface area contributed by atoms with Gasteiger partial charge in [-0.3, -0.25) is 19.2 Å². The van der Waals surface area contributed by atoms with Gasteiger partial charge in [0.05, 0.1) is 18.1 Å². The highest BCUT2D eigenvalue weighted by Crippen LogP contribution is 2.50. The summed E-state index contributed by atoms with van der Waals surface area (Å²) in [6.45, 7) is 0.899. The van der Waals surface area contributed by atoms with E-state index in [4.69, 9.17) is 30.2 Å². The zero-order chi connectivity index (χ0) is 16.6. The lowest BCUT2D eigenvalue weighted by Crippen LogP contribution is -2.11. The average Bonchev–Trinajstić information content (AvgIpc) is 2.47. The largest absolute Gasteiger partial charge is 0.401 e. The van der Waals surface area contributed by atoms with Crippen molar-refractivity contribution in [3.63, 3.8) is 0 Å². The third kappa shape index (κ3) is 5.03. The monoisotopic (exact) mass is 348 g/mol. The van der Waals surface area contributed by atoms with Crippen LogP contribution in [0.5, 0.6) is 0 Å². The van der Waals surface area contributed by atoms with Crippen LogP contribution in [0.4, 0.5) is 5.69 Å². The van der Waals surface area contributed by atoms with Gasteiger partial charge in [-0.05, 0) is 25.1 Å². The summed E-state index contributed by atoms with van der Waals surface area (Å²) >= 11 is 5.24. The maximum absolute atomic E-state index is 11.1. The molecule has 0 spiro atoms. The van der Waals surface area contributed by atoms with Gasteiger partial charge in [0.2, 0.25) is 0 Å². The Kier molecular flexibility index (Phi) is 7.40. The molecule has 0 aliphatic carbocycles. The number of nitrogens with zero attached hydrogens (tertiary/aromatic N) is 2. The minimum absolute atomic E-state index is 0.128. The molecule has 0 radical (unpaired) electrons. The lowest BCUT2D eigenvalue weighted by molar-refractivity contribution is -0.385. The quantitative estimate of drug-likeness (QED) is 0.234. The molecule has 8 nitrogen and oxygen atoms in total. The Morgan fingerprint density at radius 1 is 1.32 bits per heavy atom. The van der Waals surface area contributed by atoms with Gasteiger partial charge >= 0.3 is 6.72 Å². The number of nitro groups is 1. The fourth-order valence-corrected chi connectivity index (χ4v) is 3.52.